The minimum Gasteiger partial charge on any atom is -0.392 e. The Kier molecular flexibility index (Phi) is 2.95. The van der Waals surface area contributed by atoms with Crippen LogP contribution >= 0.6 is 0 Å². The number of pyridine rings is 1. The fourth-order valence-electron chi connectivity index (χ4n) is 5.62. The number of carbonyl (C=O) groups excluding carboxylic acids is 1. The second-order valence-corrected chi connectivity index (χ2v) is 7.80. The van der Waals surface area contributed by atoms with Crippen LogP contribution in [-0.2, 0) is 0 Å². The molecule has 6 heteroatoms. The first-order valence-electron chi connectivity index (χ1n) is 8.82. The van der Waals surface area contributed by atoms with Crippen LogP contribution in [0.2, 0.25) is 0 Å². The van der Waals surface area contributed by atoms with Crippen molar-refractivity contribution in [3.8, 4) is 0 Å². The Morgan fingerprint density at radius 2 is 2.12 bits per heavy atom. The molecule has 6 nitrogen and oxygen atoms in total. The summed E-state index contributed by atoms with van der Waals surface area (Å²) in [7, 11) is 0. The topological polar surface area (TPSA) is 104 Å². The van der Waals surface area contributed by atoms with Gasteiger partial charge in [-0.05, 0) is 49.5 Å². The van der Waals surface area contributed by atoms with E-state index in [1.165, 1.54) is 19.0 Å². The van der Waals surface area contributed by atoms with E-state index in [1.54, 1.807) is 0 Å². The highest BCUT2D eigenvalue weighted by Crippen LogP contribution is 2.54. The third-order valence-electron chi connectivity index (χ3n) is 6.54. The number of H-pyrrole nitrogens is 1. The highest BCUT2D eigenvalue weighted by Gasteiger charge is 2.53. The number of aromatic nitrogens is 2. The Bertz CT molecular complexity index is 816. The number of nitrogens with zero attached hydrogens (tertiary/aromatic N) is 1. The molecule has 4 fully saturated rings. The van der Waals surface area contributed by atoms with Crippen LogP contribution in [0.25, 0.3) is 11.0 Å². The van der Waals surface area contributed by atoms with Crippen LogP contribution in [0.5, 0.6) is 0 Å². The summed E-state index contributed by atoms with van der Waals surface area (Å²) < 4.78 is 0. The summed E-state index contributed by atoms with van der Waals surface area (Å²) in [5.74, 6) is 1.59. The molecule has 4 aliphatic carbocycles. The van der Waals surface area contributed by atoms with Crippen LogP contribution < -0.4 is 11.1 Å². The van der Waals surface area contributed by atoms with E-state index >= 15 is 0 Å². The van der Waals surface area contributed by atoms with Crippen molar-refractivity contribution in [1.29, 1.82) is 0 Å². The van der Waals surface area contributed by atoms with Crippen molar-refractivity contribution < 1.29 is 9.90 Å². The summed E-state index contributed by atoms with van der Waals surface area (Å²) in [6, 6.07) is 2.12. The van der Waals surface area contributed by atoms with E-state index in [1.807, 2.05) is 12.3 Å². The van der Waals surface area contributed by atoms with Gasteiger partial charge in [0.05, 0.1) is 17.4 Å². The molecule has 24 heavy (non-hydrogen) atoms. The fourth-order valence-corrected chi connectivity index (χ4v) is 5.62. The molecule has 0 radical (unpaired) electrons. The number of hydrogen-bond donors (Lipinski definition) is 4. The smallest absolute Gasteiger partial charge is 0.252 e. The van der Waals surface area contributed by atoms with Gasteiger partial charge in [-0.2, -0.15) is 0 Å². The highest BCUT2D eigenvalue weighted by atomic mass is 16.3. The first-order valence-corrected chi connectivity index (χ1v) is 8.82. The number of aliphatic hydroxyl groups excluding tert-OH is 1. The van der Waals surface area contributed by atoms with Gasteiger partial charge in [-0.3, -0.25) is 4.79 Å². The summed E-state index contributed by atoms with van der Waals surface area (Å²) >= 11 is 0. The molecule has 5 N–H and O–H groups in total. The lowest BCUT2D eigenvalue weighted by molar-refractivity contribution is -0.0993. The molecule has 4 bridgehead atoms. The van der Waals surface area contributed by atoms with Gasteiger partial charge in [0.1, 0.15) is 5.65 Å². The number of nitrogens with one attached hydrogen (secondary N) is 2. The normalized spacial score (nSPS) is 37.0. The average molecular weight is 326 g/mol. The van der Waals surface area contributed by atoms with Gasteiger partial charge in [0.15, 0.2) is 0 Å². The molecule has 4 aliphatic rings. The van der Waals surface area contributed by atoms with E-state index in [9.17, 15) is 9.90 Å². The van der Waals surface area contributed by atoms with Crippen molar-refractivity contribution in [2.75, 3.05) is 5.32 Å². The van der Waals surface area contributed by atoms with Crippen LogP contribution in [-0.4, -0.2) is 33.1 Å². The van der Waals surface area contributed by atoms with Crippen molar-refractivity contribution in [3.63, 3.8) is 0 Å². The minimum atomic E-state index is -0.475. The lowest BCUT2D eigenvalue weighted by Gasteiger charge is -2.57. The highest BCUT2D eigenvalue weighted by molar-refractivity contribution is 6.06. The molecule has 126 valence electrons. The maximum Gasteiger partial charge on any atom is 0.252 e. The summed E-state index contributed by atoms with van der Waals surface area (Å²) in [4.78, 5) is 19.2. The van der Waals surface area contributed by atoms with E-state index in [0.29, 0.717) is 17.4 Å². The molecule has 6 rings (SSSR count). The first-order chi connectivity index (χ1) is 11.6. The third-order valence-corrected chi connectivity index (χ3v) is 6.54. The average Bonchev–Trinajstić information content (AvgIpc) is 3.03. The first kappa shape index (κ1) is 14.3. The summed E-state index contributed by atoms with van der Waals surface area (Å²) in [5, 5.41) is 15.2. The van der Waals surface area contributed by atoms with Gasteiger partial charge in [-0.25, -0.2) is 4.98 Å². The Labute approximate surface area is 139 Å². The number of anilines is 1. The second kappa shape index (κ2) is 4.96. The van der Waals surface area contributed by atoms with Crippen LogP contribution in [0.4, 0.5) is 5.69 Å². The zero-order valence-corrected chi connectivity index (χ0v) is 13.4. The van der Waals surface area contributed by atoms with E-state index in [0.717, 1.165) is 35.5 Å². The second-order valence-electron chi connectivity index (χ2n) is 7.80. The van der Waals surface area contributed by atoms with Gasteiger partial charge in [-0.1, -0.05) is 0 Å². The van der Waals surface area contributed by atoms with E-state index in [2.05, 4.69) is 15.3 Å². The van der Waals surface area contributed by atoms with Crippen molar-refractivity contribution in [2.45, 2.75) is 37.8 Å². The number of primary amides is 1. The zero-order valence-electron chi connectivity index (χ0n) is 13.4. The SMILES string of the molecule is NC(=O)c1cnc2[nH]ccc2c1N[C@@H]1[C@@H]2CC3C[C@@H](C2)[C@@H](O)[C@@H]1C3. The van der Waals surface area contributed by atoms with Gasteiger partial charge in [-0.15, -0.1) is 0 Å². The fraction of sp³-hybridized carbons (Fsp3) is 0.556. The predicted molar refractivity (Wildman–Crippen MR) is 90.5 cm³/mol. The molecule has 4 saturated carbocycles. The Morgan fingerprint density at radius 3 is 2.96 bits per heavy atom. The maximum absolute atomic E-state index is 11.9. The van der Waals surface area contributed by atoms with Crippen molar-refractivity contribution in [2.24, 2.45) is 29.4 Å². The van der Waals surface area contributed by atoms with Crippen LogP contribution in [0.15, 0.2) is 18.5 Å². The van der Waals surface area contributed by atoms with Gasteiger partial charge < -0.3 is 21.1 Å². The van der Waals surface area contributed by atoms with Crippen LogP contribution in [0.3, 0.4) is 0 Å². The lowest BCUT2D eigenvalue weighted by atomic mass is 9.53. The molecule has 0 spiro atoms. The molecule has 2 aromatic heterocycles. The predicted octanol–water partition coefficient (Wildman–Crippen LogP) is 1.87. The van der Waals surface area contributed by atoms with Gasteiger partial charge in [0.2, 0.25) is 0 Å². The van der Waals surface area contributed by atoms with Crippen molar-refractivity contribution in [1.82, 2.24) is 9.97 Å². The number of aromatic amines is 1. The largest absolute Gasteiger partial charge is 0.392 e. The van der Waals surface area contributed by atoms with Gasteiger partial charge >= 0.3 is 0 Å². The van der Waals surface area contributed by atoms with Gasteiger partial charge in [0.25, 0.3) is 5.91 Å². The summed E-state index contributed by atoms with van der Waals surface area (Å²) in [5.41, 5.74) is 7.50. The monoisotopic (exact) mass is 326 g/mol. The number of aliphatic hydroxyl groups is 1. The minimum absolute atomic E-state index is 0.200. The molecule has 2 aromatic rings. The molecule has 6 atom stereocenters. The number of rotatable bonds is 3. The van der Waals surface area contributed by atoms with E-state index in [4.69, 9.17) is 5.73 Å². The maximum atomic E-state index is 11.9. The van der Waals surface area contributed by atoms with Crippen LogP contribution in [0.1, 0.15) is 36.0 Å². The van der Waals surface area contributed by atoms with E-state index < -0.39 is 5.91 Å². The lowest BCUT2D eigenvalue weighted by Crippen LogP contribution is -2.58. The Hall–Kier alpha value is -2.08. The standard InChI is InChI=1S/C18H22N4O2/c19-17(24)13-7-21-18-11(1-2-20-18)15(13)22-14-9-3-8-4-10(6-9)16(23)12(14)5-8/h1-2,7-10,12,14,16,23H,3-6H2,(H2,19,24)(H2,20,21,22)/t8?,9-,10+,12-,14-,16-/m1/s1. The Balaban J connectivity index is 1.56. The zero-order chi connectivity index (χ0) is 16.4. The molecule has 0 saturated heterocycles. The molecule has 1 amide bonds. The third kappa shape index (κ3) is 1.92. The summed E-state index contributed by atoms with van der Waals surface area (Å²) in [6.45, 7) is 0. The molecule has 0 aromatic carbocycles. The molecular formula is C18H22N4O2. The number of fused-ring (bicyclic) bond motifs is 1. The quantitative estimate of drug-likeness (QED) is 0.691. The van der Waals surface area contributed by atoms with Crippen molar-refractivity contribution >= 4 is 22.6 Å². The van der Waals surface area contributed by atoms with Crippen LogP contribution in [0, 0.1) is 23.7 Å². The number of nitrogens with two attached hydrogens (primary N) is 1. The van der Waals surface area contributed by atoms with E-state index in [-0.39, 0.29) is 18.1 Å². The number of carbonyl (C=O) groups is 1. The molecule has 2 heterocycles. The number of amides is 1. The number of hydrogen-bond acceptors (Lipinski definition) is 4. The summed E-state index contributed by atoms with van der Waals surface area (Å²) in [6.07, 6.45) is 7.71. The molecular weight excluding hydrogens is 304 g/mol. The molecule has 0 aliphatic heterocycles. The van der Waals surface area contributed by atoms with Gasteiger partial charge in [0, 0.05) is 29.7 Å². The molecule has 1 unspecified atom stereocenters. The van der Waals surface area contributed by atoms with Crippen molar-refractivity contribution in [3.05, 3.63) is 24.0 Å². The Morgan fingerprint density at radius 1 is 1.29 bits per heavy atom.